The second-order valence-electron chi connectivity index (χ2n) is 6.85. The van der Waals surface area contributed by atoms with Crippen LogP contribution in [0.15, 0.2) is 34.9 Å². The van der Waals surface area contributed by atoms with E-state index in [9.17, 15) is 4.79 Å². The van der Waals surface area contributed by atoms with E-state index in [0.29, 0.717) is 5.56 Å². The Morgan fingerprint density at radius 1 is 1.21 bits per heavy atom. The van der Waals surface area contributed by atoms with Crippen molar-refractivity contribution < 1.29 is 9.21 Å². The maximum Gasteiger partial charge on any atom is 0.255 e. The lowest BCUT2D eigenvalue weighted by Gasteiger charge is -2.21. The standard InChI is InChI=1S/C19H23N3O2/c1-13-16(4-5-17(21-13)18-3-2-10-24-18)19(23)22-8-6-14-11-20-12-15(14)7-9-22/h2-5,10,14-15,20H,6-9,11-12H2,1H3/t14-,15+. The molecule has 2 aliphatic rings. The molecule has 4 rings (SSSR count). The van der Waals surface area contributed by atoms with E-state index >= 15 is 0 Å². The number of pyridine rings is 1. The van der Waals surface area contributed by atoms with Gasteiger partial charge in [0.05, 0.1) is 17.5 Å². The van der Waals surface area contributed by atoms with E-state index in [1.807, 2.05) is 36.1 Å². The second kappa shape index (κ2) is 6.40. The summed E-state index contributed by atoms with van der Waals surface area (Å²) in [7, 11) is 0. The van der Waals surface area contributed by atoms with Gasteiger partial charge in [0.1, 0.15) is 5.69 Å². The van der Waals surface area contributed by atoms with E-state index in [0.717, 1.165) is 68.0 Å². The molecule has 1 amide bonds. The van der Waals surface area contributed by atoms with Gasteiger partial charge in [0.2, 0.25) is 0 Å². The number of aromatic nitrogens is 1. The molecule has 2 aromatic rings. The number of furan rings is 1. The van der Waals surface area contributed by atoms with Crippen LogP contribution in [-0.4, -0.2) is 42.0 Å². The van der Waals surface area contributed by atoms with Crippen molar-refractivity contribution in [1.82, 2.24) is 15.2 Å². The number of nitrogens with zero attached hydrogens (tertiary/aromatic N) is 2. The van der Waals surface area contributed by atoms with Gasteiger partial charge >= 0.3 is 0 Å². The van der Waals surface area contributed by atoms with Crippen LogP contribution in [-0.2, 0) is 0 Å². The SMILES string of the molecule is Cc1nc(-c2ccco2)ccc1C(=O)N1CC[C@@H]2CNC[C@@H]2CC1. The van der Waals surface area contributed by atoms with Gasteiger partial charge in [-0.3, -0.25) is 4.79 Å². The van der Waals surface area contributed by atoms with E-state index in [4.69, 9.17) is 4.42 Å². The lowest BCUT2D eigenvalue weighted by atomic mass is 9.92. The van der Waals surface area contributed by atoms with Crippen molar-refractivity contribution in [3.8, 4) is 11.5 Å². The summed E-state index contributed by atoms with van der Waals surface area (Å²) < 4.78 is 5.39. The highest BCUT2D eigenvalue weighted by Gasteiger charge is 2.32. The van der Waals surface area contributed by atoms with Gasteiger partial charge in [0, 0.05) is 13.1 Å². The summed E-state index contributed by atoms with van der Waals surface area (Å²) in [4.78, 5) is 19.5. The first kappa shape index (κ1) is 15.4. The Kier molecular flexibility index (Phi) is 4.10. The summed E-state index contributed by atoms with van der Waals surface area (Å²) >= 11 is 0. The number of rotatable bonds is 2. The fourth-order valence-electron chi connectivity index (χ4n) is 3.94. The average Bonchev–Trinajstić information content (AvgIpc) is 3.23. The van der Waals surface area contributed by atoms with Crippen molar-refractivity contribution in [2.75, 3.05) is 26.2 Å². The van der Waals surface area contributed by atoms with Gasteiger partial charge in [-0.25, -0.2) is 4.98 Å². The number of hydrogen-bond donors (Lipinski definition) is 1. The molecule has 2 aliphatic heterocycles. The average molecular weight is 325 g/mol. The molecule has 0 aromatic carbocycles. The molecule has 0 spiro atoms. The molecule has 2 fully saturated rings. The van der Waals surface area contributed by atoms with Crippen LogP contribution in [0.5, 0.6) is 0 Å². The molecule has 1 N–H and O–H groups in total. The van der Waals surface area contributed by atoms with Crippen molar-refractivity contribution >= 4 is 5.91 Å². The van der Waals surface area contributed by atoms with Crippen LogP contribution in [0.4, 0.5) is 0 Å². The highest BCUT2D eigenvalue weighted by Crippen LogP contribution is 2.28. The van der Waals surface area contributed by atoms with Crippen molar-refractivity contribution in [2.45, 2.75) is 19.8 Å². The topological polar surface area (TPSA) is 58.4 Å². The van der Waals surface area contributed by atoms with Crippen molar-refractivity contribution in [2.24, 2.45) is 11.8 Å². The second-order valence-corrected chi connectivity index (χ2v) is 6.85. The van der Waals surface area contributed by atoms with Crippen LogP contribution >= 0.6 is 0 Å². The Labute approximate surface area is 142 Å². The molecule has 5 heteroatoms. The van der Waals surface area contributed by atoms with Crippen LogP contribution < -0.4 is 5.32 Å². The van der Waals surface area contributed by atoms with Gasteiger partial charge in [-0.05, 0) is 69.0 Å². The number of carbonyl (C=O) groups excluding carboxylic acids is 1. The molecule has 0 unspecified atom stereocenters. The van der Waals surface area contributed by atoms with Crippen molar-refractivity contribution in [3.05, 3.63) is 41.8 Å². The van der Waals surface area contributed by atoms with Gasteiger partial charge in [-0.2, -0.15) is 0 Å². The van der Waals surface area contributed by atoms with Crippen LogP contribution in [0.1, 0.15) is 28.9 Å². The summed E-state index contributed by atoms with van der Waals surface area (Å²) in [5.74, 6) is 2.29. The third kappa shape index (κ3) is 2.84. The molecule has 2 saturated heterocycles. The van der Waals surface area contributed by atoms with Gasteiger partial charge in [-0.1, -0.05) is 0 Å². The Balaban J connectivity index is 1.52. The number of aryl methyl sites for hydroxylation is 1. The summed E-state index contributed by atoms with van der Waals surface area (Å²) in [6.45, 7) is 5.80. The first-order valence-corrected chi connectivity index (χ1v) is 8.74. The fourth-order valence-corrected chi connectivity index (χ4v) is 3.94. The predicted octanol–water partition coefficient (Wildman–Crippen LogP) is 2.72. The van der Waals surface area contributed by atoms with Gasteiger partial charge < -0.3 is 14.6 Å². The van der Waals surface area contributed by atoms with E-state index in [1.54, 1.807) is 6.26 Å². The molecule has 2 aromatic heterocycles. The maximum absolute atomic E-state index is 12.9. The Morgan fingerprint density at radius 3 is 2.58 bits per heavy atom. The number of hydrogen-bond acceptors (Lipinski definition) is 4. The predicted molar refractivity (Wildman–Crippen MR) is 91.7 cm³/mol. The largest absolute Gasteiger partial charge is 0.463 e. The smallest absolute Gasteiger partial charge is 0.255 e. The zero-order valence-corrected chi connectivity index (χ0v) is 14.0. The molecule has 126 valence electrons. The molecule has 0 aliphatic carbocycles. The molecular weight excluding hydrogens is 302 g/mol. The minimum absolute atomic E-state index is 0.110. The molecule has 24 heavy (non-hydrogen) atoms. The zero-order valence-electron chi connectivity index (χ0n) is 14.0. The quantitative estimate of drug-likeness (QED) is 0.922. The van der Waals surface area contributed by atoms with Crippen LogP contribution in [0.25, 0.3) is 11.5 Å². The number of carbonyl (C=O) groups is 1. The molecule has 0 radical (unpaired) electrons. The molecule has 2 atom stereocenters. The first-order valence-electron chi connectivity index (χ1n) is 8.74. The Hall–Kier alpha value is -2.14. The highest BCUT2D eigenvalue weighted by atomic mass is 16.3. The minimum Gasteiger partial charge on any atom is -0.463 e. The zero-order chi connectivity index (χ0) is 16.5. The summed E-state index contributed by atoms with van der Waals surface area (Å²) in [5, 5.41) is 3.47. The molecule has 4 heterocycles. The first-order chi connectivity index (χ1) is 11.7. The monoisotopic (exact) mass is 325 g/mol. The van der Waals surface area contributed by atoms with Crippen LogP contribution in [0.2, 0.25) is 0 Å². The van der Waals surface area contributed by atoms with Gasteiger partial charge in [0.15, 0.2) is 5.76 Å². The third-order valence-electron chi connectivity index (χ3n) is 5.40. The van der Waals surface area contributed by atoms with Crippen LogP contribution in [0.3, 0.4) is 0 Å². The van der Waals surface area contributed by atoms with Gasteiger partial charge in [0.25, 0.3) is 5.91 Å². The summed E-state index contributed by atoms with van der Waals surface area (Å²) in [5.41, 5.74) is 2.24. The van der Waals surface area contributed by atoms with Crippen molar-refractivity contribution in [3.63, 3.8) is 0 Å². The molecule has 0 saturated carbocycles. The van der Waals surface area contributed by atoms with E-state index < -0.39 is 0 Å². The van der Waals surface area contributed by atoms with E-state index in [-0.39, 0.29) is 5.91 Å². The number of nitrogens with one attached hydrogen (secondary N) is 1. The Morgan fingerprint density at radius 2 is 1.96 bits per heavy atom. The molecule has 0 bridgehead atoms. The lowest BCUT2D eigenvalue weighted by molar-refractivity contribution is 0.0757. The summed E-state index contributed by atoms with van der Waals surface area (Å²) in [6, 6.07) is 7.48. The molecule has 5 nitrogen and oxygen atoms in total. The van der Waals surface area contributed by atoms with Crippen LogP contribution in [0, 0.1) is 18.8 Å². The van der Waals surface area contributed by atoms with E-state index in [1.165, 1.54) is 0 Å². The normalized spacial score (nSPS) is 23.8. The number of amides is 1. The fraction of sp³-hybridized carbons (Fsp3) is 0.474. The maximum atomic E-state index is 12.9. The minimum atomic E-state index is 0.110. The Bertz CT molecular complexity index is 712. The summed E-state index contributed by atoms with van der Waals surface area (Å²) in [6.07, 6.45) is 3.83. The highest BCUT2D eigenvalue weighted by molar-refractivity contribution is 5.95. The van der Waals surface area contributed by atoms with Gasteiger partial charge in [-0.15, -0.1) is 0 Å². The number of fused-ring (bicyclic) bond motifs is 1. The molecular formula is C19H23N3O2. The third-order valence-corrected chi connectivity index (χ3v) is 5.40. The number of likely N-dealkylation sites (tertiary alicyclic amines) is 1. The lowest BCUT2D eigenvalue weighted by Crippen LogP contribution is -2.33. The van der Waals surface area contributed by atoms with Crippen molar-refractivity contribution in [1.29, 1.82) is 0 Å². The van der Waals surface area contributed by atoms with E-state index in [2.05, 4.69) is 10.3 Å².